The van der Waals surface area contributed by atoms with E-state index >= 15 is 0 Å². The van der Waals surface area contributed by atoms with Crippen molar-refractivity contribution in [1.82, 2.24) is 4.72 Å². The molecule has 0 spiro atoms. The summed E-state index contributed by atoms with van der Waals surface area (Å²) in [6.07, 6.45) is 0.228. The lowest BCUT2D eigenvalue weighted by Crippen LogP contribution is -2.26. The number of carbonyl (C=O) groups excluding carboxylic acids is 1. The van der Waals surface area contributed by atoms with Gasteiger partial charge in [-0.15, -0.1) is 0 Å². The molecule has 6 nitrogen and oxygen atoms in total. The number of benzene rings is 2. The number of ether oxygens (including phenoxy) is 1. The van der Waals surface area contributed by atoms with Crippen molar-refractivity contribution in [2.24, 2.45) is 0 Å². The highest BCUT2D eigenvalue weighted by molar-refractivity contribution is 7.89. The molecule has 0 atom stereocenters. The predicted molar refractivity (Wildman–Crippen MR) is 102 cm³/mol. The molecule has 0 aliphatic heterocycles. The molecule has 1 heterocycles. The fraction of sp³-hybridized carbons (Fsp3) is 0.250. The summed E-state index contributed by atoms with van der Waals surface area (Å²) >= 11 is 0. The summed E-state index contributed by atoms with van der Waals surface area (Å²) in [5.74, 6) is -0.911. The van der Waals surface area contributed by atoms with Gasteiger partial charge in [0.15, 0.2) is 0 Å². The Hall–Kier alpha value is -2.71. The number of hydrogen-bond donors (Lipinski definition) is 1. The van der Waals surface area contributed by atoms with Gasteiger partial charge in [-0.1, -0.05) is 18.2 Å². The lowest BCUT2D eigenvalue weighted by molar-refractivity contribution is 0.0491. The average Bonchev–Trinajstić information content (AvgIpc) is 3.00. The third kappa shape index (κ3) is 4.07. The fourth-order valence-corrected chi connectivity index (χ4v) is 3.92. The third-order valence-electron chi connectivity index (χ3n) is 4.32. The highest BCUT2D eigenvalue weighted by Gasteiger charge is 2.21. The summed E-state index contributed by atoms with van der Waals surface area (Å²) in [5.41, 5.74) is 1.34. The molecule has 0 saturated carbocycles. The SMILES string of the molecule is CCOC(=O)c1oc2ccc(S(=O)(=O)NCCc3ccccc3F)cc2c1C. The summed E-state index contributed by atoms with van der Waals surface area (Å²) < 4.78 is 51.7. The number of hydrogen-bond acceptors (Lipinski definition) is 5. The van der Waals surface area contributed by atoms with Crippen LogP contribution >= 0.6 is 0 Å². The molecule has 0 aliphatic rings. The lowest BCUT2D eigenvalue weighted by atomic mass is 10.1. The van der Waals surface area contributed by atoms with Gasteiger partial charge in [-0.05, 0) is 50.1 Å². The van der Waals surface area contributed by atoms with E-state index in [1.54, 1.807) is 32.0 Å². The maximum Gasteiger partial charge on any atom is 0.374 e. The maximum absolute atomic E-state index is 13.6. The van der Waals surface area contributed by atoms with Gasteiger partial charge in [-0.3, -0.25) is 0 Å². The minimum Gasteiger partial charge on any atom is -0.460 e. The van der Waals surface area contributed by atoms with Gasteiger partial charge in [0.05, 0.1) is 11.5 Å². The van der Waals surface area contributed by atoms with Crippen LogP contribution in [0.15, 0.2) is 51.8 Å². The molecular formula is C20H20FNO5S. The van der Waals surface area contributed by atoms with E-state index in [4.69, 9.17) is 9.15 Å². The molecule has 1 N–H and O–H groups in total. The van der Waals surface area contributed by atoms with E-state index in [0.717, 1.165) is 0 Å². The van der Waals surface area contributed by atoms with Crippen molar-refractivity contribution in [1.29, 1.82) is 0 Å². The van der Waals surface area contributed by atoms with E-state index in [1.165, 1.54) is 24.3 Å². The quantitative estimate of drug-likeness (QED) is 0.608. The summed E-state index contributed by atoms with van der Waals surface area (Å²) in [7, 11) is -3.80. The van der Waals surface area contributed by atoms with E-state index in [1.807, 2.05) is 0 Å². The molecule has 0 aliphatic carbocycles. The molecule has 0 saturated heterocycles. The van der Waals surface area contributed by atoms with Crippen LogP contribution < -0.4 is 4.72 Å². The van der Waals surface area contributed by atoms with E-state index in [-0.39, 0.29) is 36.0 Å². The van der Waals surface area contributed by atoms with Crippen molar-refractivity contribution in [2.45, 2.75) is 25.2 Å². The lowest BCUT2D eigenvalue weighted by Gasteiger charge is -2.07. The van der Waals surface area contributed by atoms with Gasteiger partial charge >= 0.3 is 5.97 Å². The Kier molecular flexibility index (Phi) is 5.81. The van der Waals surface area contributed by atoms with Crippen LogP contribution in [0.3, 0.4) is 0 Å². The zero-order valence-corrected chi connectivity index (χ0v) is 16.3. The third-order valence-corrected chi connectivity index (χ3v) is 5.78. The first-order chi connectivity index (χ1) is 13.3. The van der Waals surface area contributed by atoms with Crippen LogP contribution in [-0.4, -0.2) is 27.5 Å². The second kappa shape index (κ2) is 8.12. The van der Waals surface area contributed by atoms with Crippen molar-refractivity contribution in [3.05, 3.63) is 65.2 Å². The number of aryl methyl sites for hydroxylation is 1. The number of halogens is 1. The van der Waals surface area contributed by atoms with Crippen molar-refractivity contribution in [2.75, 3.05) is 13.2 Å². The Morgan fingerprint density at radius 1 is 1.21 bits per heavy atom. The first-order valence-corrected chi connectivity index (χ1v) is 10.2. The van der Waals surface area contributed by atoms with Gasteiger partial charge in [-0.2, -0.15) is 0 Å². The highest BCUT2D eigenvalue weighted by Crippen LogP contribution is 2.28. The molecule has 3 rings (SSSR count). The topological polar surface area (TPSA) is 85.6 Å². The van der Waals surface area contributed by atoms with Crippen molar-refractivity contribution < 1.29 is 26.8 Å². The second-order valence-corrected chi connectivity index (χ2v) is 7.94. The number of furan rings is 1. The molecule has 3 aromatic rings. The molecule has 0 unspecified atom stereocenters. The van der Waals surface area contributed by atoms with E-state index in [0.29, 0.717) is 22.1 Å². The Bertz CT molecular complexity index is 1120. The molecule has 1 aromatic heterocycles. The van der Waals surface area contributed by atoms with Crippen molar-refractivity contribution in [3.8, 4) is 0 Å². The predicted octanol–water partition coefficient (Wildman–Crippen LogP) is 3.58. The normalized spacial score (nSPS) is 11.7. The molecule has 28 heavy (non-hydrogen) atoms. The Labute approximate surface area is 162 Å². The summed E-state index contributed by atoms with van der Waals surface area (Å²) in [6.45, 7) is 3.62. The molecular weight excluding hydrogens is 385 g/mol. The molecule has 2 aromatic carbocycles. The second-order valence-electron chi connectivity index (χ2n) is 6.17. The summed E-state index contributed by atoms with van der Waals surface area (Å²) in [5, 5.41) is 0.514. The zero-order valence-electron chi connectivity index (χ0n) is 15.5. The number of fused-ring (bicyclic) bond motifs is 1. The van der Waals surface area contributed by atoms with Gasteiger partial charge < -0.3 is 9.15 Å². The van der Waals surface area contributed by atoms with E-state index < -0.39 is 16.0 Å². The van der Waals surface area contributed by atoms with Gasteiger partial charge in [0, 0.05) is 17.5 Å². The van der Waals surface area contributed by atoms with Gasteiger partial charge in [0.2, 0.25) is 15.8 Å². The van der Waals surface area contributed by atoms with Gasteiger partial charge in [0.25, 0.3) is 0 Å². The standard InChI is InChI=1S/C20H20FNO5S/c1-3-26-20(23)19-13(2)16-12-15(8-9-18(16)27-19)28(24,25)22-11-10-14-6-4-5-7-17(14)21/h4-9,12,22H,3,10-11H2,1-2H3. The minimum atomic E-state index is -3.80. The maximum atomic E-state index is 13.6. The van der Waals surface area contributed by atoms with Gasteiger partial charge in [-0.25, -0.2) is 22.3 Å². The first-order valence-electron chi connectivity index (χ1n) is 8.77. The number of sulfonamides is 1. The Morgan fingerprint density at radius 3 is 2.68 bits per heavy atom. The number of carbonyl (C=O) groups is 1. The molecule has 0 radical (unpaired) electrons. The number of rotatable bonds is 7. The molecule has 148 valence electrons. The number of nitrogens with one attached hydrogen (secondary N) is 1. The smallest absolute Gasteiger partial charge is 0.374 e. The average molecular weight is 405 g/mol. The highest BCUT2D eigenvalue weighted by atomic mass is 32.2. The van der Waals surface area contributed by atoms with Crippen LogP contribution in [0, 0.1) is 12.7 Å². The largest absolute Gasteiger partial charge is 0.460 e. The molecule has 0 fully saturated rings. The van der Waals surface area contributed by atoms with Crippen LogP contribution in [0.2, 0.25) is 0 Å². The van der Waals surface area contributed by atoms with Crippen molar-refractivity contribution >= 4 is 27.0 Å². The Morgan fingerprint density at radius 2 is 1.96 bits per heavy atom. The van der Waals surface area contributed by atoms with Crippen LogP contribution in [0.5, 0.6) is 0 Å². The van der Waals surface area contributed by atoms with Crippen LogP contribution in [0.1, 0.15) is 28.6 Å². The summed E-state index contributed by atoms with van der Waals surface area (Å²) in [4.78, 5) is 12.0. The molecule has 0 bridgehead atoms. The molecule has 0 amide bonds. The van der Waals surface area contributed by atoms with Crippen LogP contribution in [-0.2, 0) is 21.2 Å². The minimum absolute atomic E-state index is 0.0350. The van der Waals surface area contributed by atoms with Crippen LogP contribution in [0.4, 0.5) is 4.39 Å². The molecule has 8 heteroatoms. The first kappa shape index (κ1) is 20.0. The van der Waals surface area contributed by atoms with Crippen molar-refractivity contribution in [3.63, 3.8) is 0 Å². The Balaban J connectivity index is 1.80. The zero-order chi connectivity index (χ0) is 20.3. The fourth-order valence-electron chi connectivity index (χ4n) is 2.86. The monoisotopic (exact) mass is 405 g/mol. The number of esters is 1. The van der Waals surface area contributed by atoms with E-state index in [9.17, 15) is 17.6 Å². The summed E-state index contributed by atoms with van der Waals surface area (Å²) in [6, 6.07) is 10.6. The van der Waals surface area contributed by atoms with Crippen LogP contribution in [0.25, 0.3) is 11.0 Å². The van der Waals surface area contributed by atoms with Gasteiger partial charge in [0.1, 0.15) is 11.4 Å². The van der Waals surface area contributed by atoms with E-state index in [2.05, 4.69) is 4.72 Å².